The number of hydrogen-bond acceptors (Lipinski definition) is 7. The Bertz CT molecular complexity index is 7090. The van der Waals surface area contributed by atoms with Crippen molar-refractivity contribution in [1.29, 1.82) is 0 Å². The second kappa shape index (κ2) is 22.8. The molecular weight excluding hydrogens is 1370 g/mol. The first kappa shape index (κ1) is 63.3. The van der Waals surface area contributed by atoms with Crippen molar-refractivity contribution in [3.8, 4) is 56.4 Å². The molecule has 0 bridgehead atoms. The molecule has 5 aliphatic carbocycles. The Morgan fingerprint density at radius 1 is 0.312 bits per heavy atom. The molecule has 0 saturated heterocycles. The van der Waals surface area contributed by atoms with E-state index >= 15 is 0 Å². The number of anilines is 10. The molecule has 2 atom stereocenters. The van der Waals surface area contributed by atoms with Gasteiger partial charge in [0.2, 0.25) is 0 Å². The molecular formula is C105H74N4O3. The van der Waals surface area contributed by atoms with Gasteiger partial charge < -0.3 is 28.9 Å². The van der Waals surface area contributed by atoms with Crippen molar-refractivity contribution < 1.29 is 14.2 Å². The van der Waals surface area contributed by atoms with Gasteiger partial charge in [-0.1, -0.05) is 254 Å². The molecule has 7 nitrogen and oxygen atoms in total. The number of rotatable bonds is 9. The van der Waals surface area contributed by atoms with Crippen LogP contribution in [0.4, 0.5) is 56.9 Å². The SMILES string of the molecule is CC1(C)c2ccccc2-c2c(N(C3=CC4C=C5Oc6c7c(cc8cc(N(c9ccc%10ccccc%10c9)c9cccc%10c9-c9ccccc9C%10(C)C)ccc68)Oc6c8c(cc9cc(N(c%10ccc%11ccccc%11c%10)c%10cccc%11c%10-c%10ccccc%10C%11(C)C)ccc69)OC(=C5N78)C4C=C3)c3ccc4ccccc4c3)cccc21. The Labute approximate surface area is 650 Å². The Balaban J connectivity index is 0.719. The Morgan fingerprint density at radius 2 is 0.679 bits per heavy atom. The van der Waals surface area contributed by atoms with Gasteiger partial charge in [-0.15, -0.1) is 0 Å². The lowest BCUT2D eigenvalue weighted by Gasteiger charge is -2.47. The van der Waals surface area contributed by atoms with Crippen LogP contribution in [0.3, 0.4) is 0 Å². The molecule has 7 heteroatoms. The van der Waals surface area contributed by atoms with E-state index in [0.29, 0.717) is 11.5 Å². The first-order valence-corrected chi connectivity index (χ1v) is 39.3. The largest absolute Gasteiger partial charge is 0.456 e. The van der Waals surface area contributed by atoms with Crippen LogP contribution in [0.15, 0.2) is 351 Å². The topological polar surface area (TPSA) is 40.6 Å². The van der Waals surface area contributed by atoms with E-state index in [0.717, 1.165) is 113 Å². The molecule has 2 unspecified atom stereocenters. The minimum absolute atomic E-state index is 0.203. The fourth-order valence-electron chi connectivity index (χ4n) is 20.6. The standard InChI is InChI=1S/C105H74N4O3/c1-103(2)82-31-16-13-28-79(82)94-85(103)34-19-37-88(94)106(70-43-40-61-22-7-10-25-64(61)52-70)73-46-49-76-67(55-73)58-91-97-100(76)111-92-59-68-56-75(108(72-45-42-63-24-9-12-27-66(63)54-72)90-39-21-36-87-96(90)81-30-15-18-33-84(81)105(87,5)6)48-51-78(68)102-98(92)109(97)99-93(112-102)60-69-57-74(47-50-77(69)101(99)110-91)107(71-44-41-62-23-8-11-26-65(62)53-71)89-38-20-35-86-95(89)80-29-14-17-32-83(80)104(86,3)4/h7-60,67,76H,1-6H3. The molecule has 532 valence electrons. The second-order valence-electron chi connectivity index (χ2n) is 33.1. The Hall–Kier alpha value is -13.6. The van der Waals surface area contributed by atoms with Crippen molar-refractivity contribution in [2.75, 3.05) is 19.6 Å². The Morgan fingerprint density at radius 3 is 1.13 bits per heavy atom. The van der Waals surface area contributed by atoms with E-state index in [1.165, 1.54) is 99.1 Å². The highest BCUT2D eigenvalue weighted by Gasteiger charge is 2.50. The maximum absolute atomic E-state index is 7.78. The highest BCUT2D eigenvalue weighted by Crippen LogP contribution is 2.68. The van der Waals surface area contributed by atoms with Gasteiger partial charge in [0.1, 0.15) is 22.8 Å². The number of ether oxygens (including phenoxy) is 3. The molecule has 16 aromatic carbocycles. The molecule has 0 saturated carbocycles. The van der Waals surface area contributed by atoms with Crippen LogP contribution in [-0.2, 0) is 16.2 Å². The van der Waals surface area contributed by atoms with Crippen LogP contribution in [0.5, 0.6) is 23.0 Å². The maximum Gasteiger partial charge on any atom is 0.163 e. The van der Waals surface area contributed by atoms with E-state index < -0.39 is 0 Å². The van der Waals surface area contributed by atoms with Gasteiger partial charge in [0.05, 0.1) is 17.1 Å². The zero-order chi connectivity index (χ0) is 74.4. The summed E-state index contributed by atoms with van der Waals surface area (Å²) in [5, 5.41) is 11.0. The van der Waals surface area contributed by atoms with Gasteiger partial charge in [-0.3, -0.25) is 4.90 Å². The van der Waals surface area contributed by atoms with Crippen molar-refractivity contribution in [3.63, 3.8) is 0 Å². The third kappa shape index (κ3) is 8.76. The minimum atomic E-state index is -0.214. The molecule has 3 heterocycles. The number of allylic oxidation sites excluding steroid dienone is 4. The van der Waals surface area contributed by atoms with E-state index in [4.69, 9.17) is 14.2 Å². The van der Waals surface area contributed by atoms with Gasteiger partial charge in [-0.25, -0.2) is 0 Å². The fraction of sp³-hybridized carbons (Fsp3) is 0.105. The lowest BCUT2D eigenvalue weighted by molar-refractivity contribution is 0.303. The first-order chi connectivity index (χ1) is 54.8. The van der Waals surface area contributed by atoms with E-state index in [1.54, 1.807) is 0 Å². The molecule has 24 rings (SSSR count). The van der Waals surface area contributed by atoms with Crippen LogP contribution in [0.1, 0.15) is 74.9 Å². The predicted octanol–water partition coefficient (Wildman–Crippen LogP) is 28.0. The third-order valence-electron chi connectivity index (χ3n) is 25.9. The number of nitrogens with zero attached hydrogens (tertiary/aromatic N) is 4. The van der Waals surface area contributed by atoms with Crippen molar-refractivity contribution in [3.05, 3.63) is 384 Å². The van der Waals surface area contributed by atoms with Crippen LogP contribution < -0.4 is 33.8 Å². The summed E-state index contributed by atoms with van der Waals surface area (Å²) >= 11 is 0. The quantitative estimate of drug-likeness (QED) is 0.143. The fourth-order valence-corrected chi connectivity index (χ4v) is 20.6. The Kier molecular flexibility index (Phi) is 12.9. The van der Waals surface area contributed by atoms with Gasteiger partial charge >= 0.3 is 0 Å². The van der Waals surface area contributed by atoms with Crippen LogP contribution >= 0.6 is 0 Å². The highest BCUT2D eigenvalue weighted by atomic mass is 16.5. The normalized spacial score (nSPS) is 17.1. The smallest absolute Gasteiger partial charge is 0.163 e. The average Bonchev–Trinajstić information content (AvgIpc) is 0.881. The molecule has 0 N–H and O–H groups in total. The molecule has 0 spiro atoms. The number of benzene rings is 16. The van der Waals surface area contributed by atoms with Gasteiger partial charge in [-0.2, -0.15) is 0 Å². The van der Waals surface area contributed by atoms with Gasteiger partial charge in [0.25, 0.3) is 0 Å². The monoisotopic (exact) mass is 1440 g/mol. The highest BCUT2D eigenvalue weighted by molar-refractivity contribution is 6.11. The molecule has 0 aromatic heterocycles. The van der Waals surface area contributed by atoms with Crippen LogP contribution in [0.2, 0.25) is 0 Å². The molecule has 0 amide bonds. The lowest BCUT2D eigenvalue weighted by atomic mass is 9.79. The minimum Gasteiger partial charge on any atom is -0.456 e. The average molecular weight is 1440 g/mol. The molecule has 16 aromatic rings. The molecule has 112 heavy (non-hydrogen) atoms. The van der Waals surface area contributed by atoms with Crippen LogP contribution in [-0.4, -0.2) is 0 Å². The van der Waals surface area contributed by atoms with Crippen molar-refractivity contribution in [2.45, 2.75) is 57.8 Å². The second-order valence-corrected chi connectivity index (χ2v) is 33.1. The molecule has 0 fully saturated rings. The van der Waals surface area contributed by atoms with Crippen molar-refractivity contribution in [2.24, 2.45) is 11.8 Å². The van der Waals surface area contributed by atoms with Crippen molar-refractivity contribution >= 4 is 111 Å². The summed E-state index contributed by atoms with van der Waals surface area (Å²) in [4.78, 5) is 9.87. The summed E-state index contributed by atoms with van der Waals surface area (Å²) in [5.41, 5.74) is 27.1. The number of fused-ring (bicyclic) bond motifs is 18. The molecule has 3 aliphatic heterocycles. The predicted molar refractivity (Wildman–Crippen MR) is 460 cm³/mol. The first-order valence-electron chi connectivity index (χ1n) is 39.3. The maximum atomic E-state index is 7.78. The van der Waals surface area contributed by atoms with E-state index in [1.807, 2.05) is 0 Å². The van der Waals surface area contributed by atoms with E-state index in [9.17, 15) is 0 Å². The van der Waals surface area contributed by atoms with Crippen LogP contribution in [0.25, 0.3) is 87.2 Å². The summed E-state index contributed by atoms with van der Waals surface area (Å²) < 4.78 is 23.3. The van der Waals surface area contributed by atoms with Crippen molar-refractivity contribution in [1.82, 2.24) is 0 Å². The lowest BCUT2D eigenvalue weighted by Crippen LogP contribution is -2.39. The molecule has 8 aliphatic rings. The zero-order valence-electron chi connectivity index (χ0n) is 62.8. The summed E-state index contributed by atoms with van der Waals surface area (Å²) in [6.07, 6.45) is 9.55. The van der Waals surface area contributed by atoms with Crippen LogP contribution in [0, 0.1) is 11.8 Å². The summed E-state index contributed by atoms with van der Waals surface area (Å²) in [5.74, 6) is 4.02. The van der Waals surface area contributed by atoms with E-state index in [-0.39, 0.29) is 28.1 Å². The van der Waals surface area contributed by atoms with Gasteiger partial charge in [0, 0.05) is 89.7 Å². The van der Waals surface area contributed by atoms with Gasteiger partial charge in [0.15, 0.2) is 28.8 Å². The summed E-state index contributed by atoms with van der Waals surface area (Å²) in [7, 11) is 0. The zero-order valence-corrected chi connectivity index (χ0v) is 62.8. The third-order valence-corrected chi connectivity index (χ3v) is 25.9. The van der Waals surface area contributed by atoms with Gasteiger partial charge in [-0.05, 0) is 208 Å². The van der Waals surface area contributed by atoms with E-state index in [2.05, 4.69) is 389 Å². The summed E-state index contributed by atoms with van der Waals surface area (Å²) in [6.45, 7) is 14.2. The molecule has 0 radical (unpaired) electrons. The summed E-state index contributed by atoms with van der Waals surface area (Å²) in [6, 6.07) is 113. The number of hydrogen-bond donors (Lipinski definition) is 0.